The lowest BCUT2D eigenvalue weighted by Crippen LogP contribution is -2.10. The number of aliphatic imine (C=N–C) groups is 1. The number of carboxylic acids is 1. The minimum absolute atomic E-state index is 0.159. The Morgan fingerprint density at radius 2 is 1.72 bits per heavy atom. The van der Waals surface area contributed by atoms with E-state index in [4.69, 9.17) is 4.99 Å². The molecular formula is C23H20N6O2S. The van der Waals surface area contributed by atoms with Crippen LogP contribution in [0.15, 0.2) is 48.0 Å². The van der Waals surface area contributed by atoms with Crippen LogP contribution in [0, 0.1) is 20.8 Å². The van der Waals surface area contributed by atoms with Crippen molar-refractivity contribution in [2.24, 2.45) is 4.99 Å². The number of thiophene rings is 1. The zero-order valence-corrected chi connectivity index (χ0v) is 18.6. The summed E-state index contributed by atoms with van der Waals surface area (Å²) < 4.78 is 1.96. The van der Waals surface area contributed by atoms with Crippen molar-refractivity contribution in [3.05, 3.63) is 76.2 Å². The van der Waals surface area contributed by atoms with Gasteiger partial charge in [0.2, 0.25) is 0 Å². The van der Waals surface area contributed by atoms with Crippen molar-refractivity contribution < 1.29 is 9.90 Å². The summed E-state index contributed by atoms with van der Waals surface area (Å²) in [7, 11) is 0. The summed E-state index contributed by atoms with van der Waals surface area (Å²) in [4.78, 5) is 25.9. The average Bonchev–Trinajstić information content (AvgIpc) is 3.26. The predicted octanol–water partition coefficient (Wildman–Crippen LogP) is 4.08. The highest BCUT2D eigenvalue weighted by Crippen LogP contribution is 2.39. The monoisotopic (exact) mass is 444 g/mol. The van der Waals surface area contributed by atoms with Crippen LogP contribution in [-0.2, 0) is 4.79 Å². The van der Waals surface area contributed by atoms with Gasteiger partial charge in [0.05, 0.1) is 12.1 Å². The number of fused-ring (bicyclic) bond motifs is 3. The van der Waals surface area contributed by atoms with Gasteiger partial charge >= 0.3 is 5.97 Å². The molecule has 4 heterocycles. The SMILES string of the molecule is Cc1sc2c(c1C)C(c1ccc(-c3cncnc3)cc1)=N[C@@H](CC(=O)O)c1nnc(C)n1-2. The van der Waals surface area contributed by atoms with Gasteiger partial charge in [-0.3, -0.25) is 14.4 Å². The number of aliphatic carboxylic acids is 1. The normalized spacial score (nSPS) is 15.0. The van der Waals surface area contributed by atoms with E-state index in [-0.39, 0.29) is 6.42 Å². The first-order valence-electron chi connectivity index (χ1n) is 10.1. The topological polar surface area (TPSA) is 106 Å². The van der Waals surface area contributed by atoms with Gasteiger partial charge in [-0.2, -0.15) is 0 Å². The molecule has 0 unspecified atom stereocenters. The fourth-order valence-corrected chi connectivity index (χ4v) is 5.17. The summed E-state index contributed by atoms with van der Waals surface area (Å²) in [6, 6.07) is 7.40. The Morgan fingerprint density at radius 1 is 1.03 bits per heavy atom. The predicted molar refractivity (Wildman–Crippen MR) is 122 cm³/mol. The van der Waals surface area contributed by atoms with Gasteiger partial charge in [-0.05, 0) is 31.9 Å². The largest absolute Gasteiger partial charge is 0.481 e. The second kappa shape index (κ2) is 7.76. The Hall–Kier alpha value is -3.72. The van der Waals surface area contributed by atoms with Gasteiger partial charge in [0.15, 0.2) is 5.82 Å². The molecule has 0 amide bonds. The summed E-state index contributed by atoms with van der Waals surface area (Å²) in [6.45, 7) is 6.04. The van der Waals surface area contributed by atoms with Gasteiger partial charge in [0.1, 0.15) is 23.2 Å². The number of benzene rings is 1. The molecule has 0 saturated heterocycles. The van der Waals surface area contributed by atoms with Crippen molar-refractivity contribution in [1.29, 1.82) is 0 Å². The lowest BCUT2D eigenvalue weighted by Gasteiger charge is -2.11. The van der Waals surface area contributed by atoms with E-state index in [1.807, 2.05) is 35.8 Å². The molecule has 9 heteroatoms. The van der Waals surface area contributed by atoms with Crippen LogP contribution < -0.4 is 0 Å². The molecule has 0 aliphatic carbocycles. The molecule has 8 nitrogen and oxygen atoms in total. The highest BCUT2D eigenvalue weighted by Gasteiger charge is 2.32. The maximum Gasteiger partial charge on any atom is 0.306 e. The van der Waals surface area contributed by atoms with Crippen molar-refractivity contribution in [1.82, 2.24) is 24.7 Å². The minimum Gasteiger partial charge on any atom is -0.481 e. The molecule has 160 valence electrons. The number of aryl methyl sites for hydroxylation is 2. The van der Waals surface area contributed by atoms with Gasteiger partial charge in [-0.25, -0.2) is 9.97 Å². The van der Waals surface area contributed by atoms with Gasteiger partial charge in [0.25, 0.3) is 0 Å². The molecule has 0 spiro atoms. The van der Waals surface area contributed by atoms with E-state index in [9.17, 15) is 9.90 Å². The van der Waals surface area contributed by atoms with Gasteiger partial charge in [-0.15, -0.1) is 21.5 Å². The fourth-order valence-electron chi connectivity index (χ4n) is 3.96. The van der Waals surface area contributed by atoms with Gasteiger partial charge in [-0.1, -0.05) is 24.3 Å². The van der Waals surface area contributed by atoms with Crippen LogP contribution >= 0.6 is 11.3 Å². The lowest BCUT2D eigenvalue weighted by molar-refractivity contribution is -0.137. The molecule has 1 aliphatic heterocycles. The molecule has 5 rings (SSSR count). The maximum atomic E-state index is 11.6. The third-order valence-electron chi connectivity index (χ3n) is 5.66. The number of carbonyl (C=O) groups is 1. The summed E-state index contributed by atoms with van der Waals surface area (Å²) in [6.07, 6.45) is 4.89. The Morgan fingerprint density at radius 3 is 2.41 bits per heavy atom. The Kier molecular flexibility index (Phi) is 4.90. The molecule has 0 fully saturated rings. The van der Waals surface area contributed by atoms with Crippen LogP contribution in [-0.4, -0.2) is 41.5 Å². The van der Waals surface area contributed by atoms with E-state index in [0.717, 1.165) is 38.5 Å². The number of hydrogen-bond donors (Lipinski definition) is 1. The summed E-state index contributed by atoms with van der Waals surface area (Å²) >= 11 is 1.65. The van der Waals surface area contributed by atoms with E-state index in [1.165, 1.54) is 11.2 Å². The van der Waals surface area contributed by atoms with Gasteiger partial charge in [0, 0.05) is 34.0 Å². The summed E-state index contributed by atoms with van der Waals surface area (Å²) in [5.41, 5.74) is 5.74. The fraction of sp³-hybridized carbons (Fsp3) is 0.217. The molecule has 0 saturated carbocycles. The third-order valence-corrected chi connectivity index (χ3v) is 6.85. The quantitative estimate of drug-likeness (QED) is 0.508. The Balaban J connectivity index is 1.70. The number of nitrogens with zero attached hydrogens (tertiary/aromatic N) is 6. The first-order chi connectivity index (χ1) is 15.4. The highest BCUT2D eigenvalue weighted by molar-refractivity contribution is 7.15. The standard InChI is InChI=1S/C23H20N6O2S/c1-12-13(2)32-23-20(12)21(16-6-4-15(5-7-16)17-9-24-11-25-10-17)26-18(8-19(30)31)22-28-27-14(3)29(22)23/h4-7,9-11,18H,8H2,1-3H3,(H,30,31)/t18-/m0/s1. The zero-order valence-electron chi connectivity index (χ0n) is 17.8. The second-order valence-corrected chi connectivity index (χ2v) is 8.90. The maximum absolute atomic E-state index is 11.6. The molecule has 0 bridgehead atoms. The second-order valence-electron chi connectivity index (χ2n) is 7.70. The number of carboxylic acid groups (broad SMARTS) is 1. The average molecular weight is 445 g/mol. The Bertz CT molecular complexity index is 1360. The third kappa shape index (κ3) is 3.31. The smallest absolute Gasteiger partial charge is 0.306 e. The van der Waals surface area contributed by atoms with Crippen LogP contribution in [0.4, 0.5) is 0 Å². The minimum atomic E-state index is -0.928. The van der Waals surface area contributed by atoms with Crippen LogP contribution in [0.25, 0.3) is 16.1 Å². The van der Waals surface area contributed by atoms with E-state index in [0.29, 0.717) is 11.6 Å². The van der Waals surface area contributed by atoms with Crippen molar-refractivity contribution in [3.8, 4) is 16.1 Å². The molecule has 0 radical (unpaired) electrons. The van der Waals surface area contributed by atoms with E-state index in [1.54, 1.807) is 23.7 Å². The zero-order chi connectivity index (χ0) is 22.4. The first-order valence-corrected chi connectivity index (χ1v) is 10.9. The van der Waals surface area contributed by atoms with Crippen LogP contribution in [0.5, 0.6) is 0 Å². The highest BCUT2D eigenvalue weighted by atomic mass is 32.1. The molecule has 4 aromatic rings. The van der Waals surface area contributed by atoms with E-state index < -0.39 is 12.0 Å². The molecule has 1 aromatic carbocycles. The molecule has 1 N–H and O–H groups in total. The van der Waals surface area contributed by atoms with Crippen molar-refractivity contribution in [2.45, 2.75) is 33.2 Å². The molecule has 3 aromatic heterocycles. The van der Waals surface area contributed by atoms with Crippen molar-refractivity contribution >= 4 is 23.0 Å². The van der Waals surface area contributed by atoms with Crippen molar-refractivity contribution in [2.75, 3.05) is 0 Å². The van der Waals surface area contributed by atoms with Gasteiger partial charge < -0.3 is 5.11 Å². The van der Waals surface area contributed by atoms with Crippen LogP contribution in [0.2, 0.25) is 0 Å². The van der Waals surface area contributed by atoms with E-state index >= 15 is 0 Å². The molecule has 1 atom stereocenters. The molecular weight excluding hydrogens is 424 g/mol. The molecule has 32 heavy (non-hydrogen) atoms. The molecule has 1 aliphatic rings. The van der Waals surface area contributed by atoms with Crippen LogP contribution in [0.1, 0.15) is 45.7 Å². The lowest BCUT2D eigenvalue weighted by atomic mass is 9.97. The summed E-state index contributed by atoms with van der Waals surface area (Å²) in [5, 5.41) is 19.0. The van der Waals surface area contributed by atoms with Crippen molar-refractivity contribution in [3.63, 3.8) is 0 Å². The number of hydrogen-bond acceptors (Lipinski definition) is 7. The first kappa shape index (κ1) is 20.2. The van der Waals surface area contributed by atoms with E-state index in [2.05, 4.69) is 34.0 Å². The Labute approximate surface area is 188 Å². The summed E-state index contributed by atoms with van der Waals surface area (Å²) in [5.74, 6) is 0.345. The van der Waals surface area contributed by atoms with Crippen LogP contribution in [0.3, 0.4) is 0 Å². The number of rotatable bonds is 4. The number of aromatic nitrogens is 5.